The summed E-state index contributed by atoms with van der Waals surface area (Å²) in [5.41, 5.74) is 0.226. The van der Waals surface area contributed by atoms with E-state index in [-0.39, 0.29) is 5.54 Å². The number of hydrogen-bond donors (Lipinski definition) is 2. The lowest BCUT2D eigenvalue weighted by molar-refractivity contribution is 0.382. The van der Waals surface area contributed by atoms with Gasteiger partial charge in [0.15, 0.2) is 0 Å². The summed E-state index contributed by atoms with van der Waals surface area (Å²) in [5.74, 6) is 0.829. The largest absolute Gasteiger partial charge is 0.313 e. The average Bonchev–Trinajstić information content (AvgIpc) is 2.66. The maximum Gasteiger partial charge on any atom is 0.0164 e. The van der Waals surface area contributed by atoms with Crippen molar-refractivity contribution in [3.05, 3.63) is 12.2 Å². The van der Waals surface area contributed by atoms with E-state index in [1.807, 2.05) is 0 Å². The minimum Gasteiger partial charge on any atom is -0.313 e. The van der Waals surface area contributed by atoms with Gasteiger partial charge in [-0.2, -0.15) is 0 Å². The third-order valence-electron chi connectivity index (χ3n) is 3.06. The molecule has 16 heavy (non-hydrogen) atoms. The van der Waals surface area contributed by atoms with Crippen molar-refractivity contribution in [1.82, 2.24) is 10.6 Å². The van der Waals surface area contributed by atoms with E-state index in [1.54, 1.807) is 0 Å². The number of rotatable bonds is 6. The van der Waals surface area contributed by atoms with Crippen LogP contribution in [0, 0.1) is 5.92 Å². The molecule has 2 unspecified atom stereocenters. The smallest absolute Gasteiger partial charge is 0.0164 e. The second-order valence-electron chi connectivity index (χ2n) is 6.04. The minimum absolute atomic E-state index is 0.226. The van der Waals surface area contributed by atoms with Crippen LogP contribution >= 0.6 is 0 Å². The van der Waals surface area contributed by atoms with Crippen molar-refractivity contribution in [2.24, 2.45) is 5.92 Å². The molecular formula is C14H28N2. The van der Waals surface area contributed by atoms with Crippen LogP contribution in [0.25, 0.3) is 0 Å². The molecule has 2 N–H and O–H groups in total. The zero-order valence-electron chi connectivity index (χ0n) is 11.3. The van der Waals surface area contributed by atoms with E-state index in [0.29, 0.717) is 6.04 Å². The normalized spacial score (nSPS) is 22.6. The fourth-order valence-electron chi connectivity index (χ4n) is 1.98. The Balaban J connectivity index is 2.01. The van der Waals surface area contributed by atoms with E-state index in [2.05, 4.69) is 50.5 Å². The fourth-order valence-corrected chi connectivity index (χ4v) is 1.98. The third-order valence-corrected chi connectivity index (χ3v) is 3.06. The third kappa shape index (κ3) is 6.29. The summed E-state index contributed by atoms with van der Waals surface area (Å²) in [6.45, 7) is 11.1. The molecule has 1 rings (SSSR count). The van der Waals surface area contributed by atoms with E-state index in [4.69, 9.17) is 0 Å². The number of nitrogens with one attached hydrogen (secondary N) is 2. The van der Waals surface area contributed by atoms with Crippen molar-refractivity contribution in [3.63, 3.8) is 0 Å². The van der Waals surface area contributed by atoms with Gasteiger partial charge < -0.3 is 10.6 Å². The number of hydrogen-bond acceptors (Lipinski definition) is 2. The molecule has 0 bridgehead atoms. The topological polar surface area (TPSA) is 24.1 Å². The summed E-state index contributed by atoms with van der Waals surface area (Å²) in [5, 5.41) is 7.11. The van der Waals surface area contributed by atoms with Crippen LogP contribution in [0.1, 0.15) is 47.0 Å². The van der Waals surface area contributed by atoms with Gasteiger partial charge in [-0.3, -0.25) is 0 Å². The molecule has 94 valence electrons. The van der Waals surface area contributed by atoms with Crippen LogP contribution < -0.4 is 10.6 Å². The van der Waals surface area contributed by atoms with Crippen LogP contribution in [-0.2, 0) is 0 Å². The number of allylic oxidation sites excluding steroid dienone is 2. The van der Waals surface area contributed by atoms with Gasteiger partial charge in [0.2, 0.25) is 0 Å². The van der Waals surface area contributed by atoms with Crippen LogP contribution in [0.2, 0.25) is 0 Å². The molecule has 1 aliphatic rings. The summed E-state index contributed by atoms with van der Waals surface area (Å²) >= 11 is 0. The summed E-state index contributed by atoms with van der Waals surface area (Å²) in [6, 6.07) is 0.560. The second kappa shape index (κ2) is 6.41. The molecule has 2 atom stereocenters. The Bertz CT molecular complexity index is 215. The maximum absolute atomic E-state index is 3.59. The predicted molar refractivity (Wildman–Crippen MR) is 71.7 cm³/mol. The Kier molecular flexibility index (Phi) is 5.50. The summed E-state index contributed by atoms with van der Waals surface area (Å²) in [6.07, 6.45) is 8.62. The van der Waals surface area contributed by atoms with Gasteiger partial charge in [0.1, 0.15) is 0 Å². The molecule has 2 nitrogen and oxygen atoms in total. The average molecular weight is 224 g/mol. The van der Waals surface area contributed by atoms with Crippen molar-refractivity contribution >= 4 is 0 Å². The first kappa shape index (κ1) is 13.7. The molecule has 0 aromatic carbocycles. The van der Waals surface area contributed by atoms with Crippen molar-refractivity contribution in [1.29, 1.82) is 0 Å². The van der Waals surface area contributed by atoms with Gasteiger partial charge in [-0.05, 0) is 59.4 Å². The van der Waals surface area contributed by atoms with Gasteiger partial charge in [-0.15, -0.1) is 0 Å². The standard InChI is InChI=1S/C14H28N2/c1-12(11-16-14(2,3)4)15-10-9-13-7-5-6-8-13/h5,7,12-13,15-16H,6,8-11H2,1-4H3. The van der Waals surface area contributed by atoms with Crippen molar-refractivity contribution in [2.45, 2.75) is 58.5 Å². The van der Waals surface area contributed by atoms with Gasteiger partial charge in [0.05, 0.1) is 0 Å². The van der Waals surface area contributed by atoms with Crippen LogP contribution in [0.5, 0.6) is 0 Å². The lowest BCUT2D eigenvalue weighted by atomic mass is 10.1. The van der Waals surface area contributed by atoms with E-state index in [1.165, 1.54) is 19.3 Å². The molecule has 0 fully saturated rings. The molecule has 0 amide bonds. The lowest BCUT2D eigenvalue weighted by Gasteiger charge is -2.24. The van der Waals surface area contributed by atoms with Gasteiger partial charge in [-0.25, -0.2) is 0 Å². The van der Waals surface area contributed by atoms with E-state index < -0.39 is 0 Å². The first-order valence-electron chi connectivity index (χ1n) is 6.62. The second-order valence-corrected chi connectivity index (χ2v) is 6.04. The molecule has 0 saturated heterocycles. The van der Waals surface area contributed by atoms with Crippen molar-refractivity contribution < 1.29 is 0 Å². The zero-order valence-corrected chi connectivity index (χ0v) is 11.3. The Morgan fingerprint density at radius 2 is 2.12 bits per heavy atom. The van der Waals surface area contributed by atoms with Gasteiger partial charge in [-0.1, -0.05) is 12.2 Å². The Labute approximate surface area is 101 Å². The summed E-state index contributed by atoms with van der Waals surface area (Å²) in [7, 11) is 0. The Morgan fingerprint density at radius 3 is 2.69 bits per heavy atom. The SMILES string of the molecule is CC(CNC(C)(C)C)NCCC1C=CCC1. The van der Waals surface area contributed by atoms with Crippen molar-refractivity contribution in [3.8, 4) is 0 Å². The van der Waals surface area contributed by atoms with E-state index >= 15 is 0 Å². The highest BCUT2D eigenvalue weighted by Crippen LogP contribution is 2.19. The van der Waals surface area contributed by atoms with Gasteiger partial charge >= 0.3 is 0 Å². The molecule has 0 aliphatic heterocycles. The highest BCUT2D eigenvalue weighted by Gasteiger charge is 2.12. The molecule has 1 aliphatic carbocycles. The molecule has 0 radical (unpaired) electrons. The monoisotopic (exact) mass is 224 g/mol. The van der Waals surface area contributed by atoms with Gasteiger partial charge in [0, 0.05) is 18.1 Å². The van der Waals surface area contributed by atoms with Crippen LogP contribution in [0.15, 0.2) is 12.2 Å². The molecule has 0 saturated carbocycles. The highest BCUT2D eigenvalue weighted by molar-refractivity contribution is 4.96. The zero-order chi connectivity index (χ0) is 12.0. The lowest BCUT2D eigenvalue weighted by Crippen LogP contribution is -2.44. The Morgan fingerprint density at radius 1 is 1.38 bits per heavy atom. The fraction of sp³-hybridized carbons (Fsp3) is 0.857. The summed E-state index contributed by atoms with van der Waals surface area (Å²) in [4.78, 5) is 0. The molecule has 0 aromatic heterocycles. The first-order chi connectivity index (χ1) is 7.47. The van der Waals surface area contributed by atoms with E-state index in [9.17, 15) is 0 Å². The maximum atomic E-state index is 3.59. The van der Waals surface area contributed by atoms with Crippen LogP contribution in [0.3, 0.4) is 0 Å². The molecule has 2 heteroatoms. The first-order valence-corrected chi connectivity index (χ1v) is 6.62. The van der Waals surface area contributed by atoms with E-state index in [0.717, 1.165) is 19.0 Å². The van der Waals surface area contributed by atoms with Crippen LogP contribution in [0.4, 0.5) is 0 Å². The quantitative estimate of drug-likeness (QED) is 0.678. The molecule has 0 spiro atoms. The molecule has 0 aromatic rings. The highest BCUT2D eigenvalue weighted by atomic mass is 15.0. The minimum atomic E-state index is 0.226. The molecular weight excluding hydrogens is 196 g/mol. The van der Waals surface area contributed by atoms with Gasteiger partial charge in [0.25, 0.3) is 0 Å². The van der Waals surface area contributed by atoms with Crippen molar-refractivity contribution in [2.75, 3.05) is 13.1 Å². The van der Waals surface area contributed by atoms with Crippen LogP contribution in [-0.4, -0.2) is 24.7 Å². The molecule has 0 heterocycles. The predicted octanol–water partition coefficient (Wildman–Crippen LogP) is 2.71. The summed E-state index contributed by atoms with van der Waals surface area (Å²) < 4.78 is 0. The Hall–Kier alpha value is -0.340.